The van der Waals surface area contributed by atoms with E-state index in [0.29, 0.717) is 0 Å². The summed E-state index contributed by atoms with van der Waals surface area (Å²) < 4.78 is 0. The van der Waals surface area contributed by atoms with Crippen molar-refractivity contribution in [2.24, 2.45) is 5.73 Å². The van der Waals surface area contributed by atoms with Crippen molar-refractivity contribution in [1.82, 2.24) is 0 Å². The maximum atomic E-state index is 6.11. The van der Waals surface area contributed by atoms with Gasteiger partial charge in [0.05, 0.1) is 0 Å². The van der Waals surface area contributed by atoms with Crippen LogP contribution >= 0.6 is 11.8 Å². The van der Waals surface area contributed by atoms with E-state index in [4.69, 9.17) is 5.73 Å². The Balaban J connectivity index is 2.74. The minimum atomic E-state index is 0.181. The molecule has 1 aromatic rings. The van der Waals surface area contributed by atoms with Crippen molar-refractivity contribution in [3.8, 4) is 0 Å². The van der Waals surface area contributed by atoms with Crippen molar-refractivity contribution in [2.75, 3.05) is 11.5 Å². The summed E-state index contributed by atoms with van der Waals surface area (Å²) in [6.07, 6.45) is 0. The van der Waals surface area contributed by atoms with E-state index in [9.17, 15) is 0 Å². The molecule has 1 rings (SSSR count). The molecule has 0 fully saturated rings. The van der Waals surface area contributed by atoms with Crippen LogP contribution in [0.15, 0.2) is 18.2 Å². The van der Waals surface area contributed by atoms with Gasteiger partial charge in [-0.05, 0) is 30.7 Å². The molecule has 0 saturated heterocycles. The lowest BCUT2D eigenvalue weighted by molar-refractivity contribution is 0.822. The second-order valence-corrected chi connectivity index (χ2v) is 4.94. The molecule has 0 spiro atoms. The van der Waals surface area contributed by atoms with Crippen molar-refractivity contribution in [3.63, 3.8) is 0 Å². The fourth-order valence-electron chi connectivity index (χ4n) is 1.58. The molecule has 78 valence electrons. The highest BCUT2D eigenvalue weighted by Crippen LogP contribution is 2.20. The first-order valence-corrected chi connectivity index (χ1v) is 6.21. The van der Waals surface area contributed by atoms with Crippen LogP contribution in [0.2, 0.25) is 0 Å². The van der Waals surface area contributed by atoms with Gasteiger partial charge in [0.2, 0.25) is 0 Å². The van der Waals surface area contributed by atoms with Crippen LogP contribution < -0.4 is 5.73 Å². The van der Waals surface area contributed by atoms with E-state index in [-0.39, 0.29) is 6.04 Å². The molecule has 1 aromatic carbocycles. The zero-order chi connectivity index (χ0) is 10.6. The van der Waals surface area contributed by atoms with E-state index in [1.165, 1.54) is 16.7 Å². The molecule has 2 heteroatoms. The van der Waals surface area contributed by atoms with Crippen molar-refractivity contribution >= 4 is 11.8 Å². The molecule has 0 bridgehead atoms. The van der Waals surface area contributed by atoms with Crippen molar-refractivity contribution in [1.29, 1.82) is 0 Å². The summed E-state index contributed by atoms with van der Waals surface area (Å²) in [6, 6.07) is 6.68. The highest BCUT2D eigenvalue weighted by molar-refractivity contribution is 7.99. The van der Waals surface area contributed by atoms with Crippen molar-refractivity contribution < 1.29 is 0 Å². The molecule has 2 N–H and O–H groups in total. The molecule has 0 aromatic heterocycles. The number of nitrogens with two attached hydrogens (primary N) is 1. The summed E-state index contributed by atoms with van der Waals surface area (Å²) >= 11 is 1.90. The number of hydrogen-bond donors (Lipinski definition) is 1. The minimum Gasteiger partial charge on any atom is -0.323 e. The third-order valence-electron chi connectivity index (χ3n) is 2.33. The van der Waals surface area contributed by atoms with Gasteiger partial charge in [0.15, 0.2) is 0 Å². The van der Waals surface area contributed by atoms with Gasteiger partial charge >= 0.3 is 0 Å². The Hall–Kier alpha value is -0.470. The third-order valence-corrected chi connectivity index (χ3v) is 3.33. The lowest BCUT2D eigenvalue weighted by Crippen LogP contribution is -2.14. The predicted molar refractivity (Wildman–Crippen MR) is 65.8 cm³/mol. The normalized spacial score (nSPS) is 12.9. The summed E-state index contributed by atoms with van der Waals surface area (Å²) in [4.78, 5) is 0. The molecular formula is C12H19NS. The summed E-state index contributed by atoms with van der Waals surface area (Å²) in [6.45, 7) is 6.42. The Morgan fingerprint density at radius 2 is 2.07 bits per heavy atom. The molecular weight excluding hydrogens is 190 g/mol. The number of aryl methyl sites for hydroxylation is 2. The molecule has 1 atom stereocenters. The smallest absolute Gasteiger partial charge is 0.0389 e. The zero-order valence-electron chi connectivity index (χ0n) is 9.21. The number of hydrogen-bond acceptors (Lipinski definition) is 2. The van der Waals surface area contributed by atoms with Crippen LogP contribution in [-0.2, 0) is 0 Å². The van der Waals surface area contributed by atoms with Crippen LogP contribution in [0.1, 0.15) is 29.7 Å². The Labute approximate surface area is 91.1 Å². The van der Waals surface area contributed by atoms with E-state index in [1.807, 2.05) is 11.8 Å². The lowest BCUT2D eigenvalue weighted by Gasteiger charge is -2.14. The van der Waals surface area contributed by atoms with Crippen LogP contribution in [0.4, 0.5) is 0 Å². The van der Waals surface area contributed by atoms with E-state index in [2.05, 4.69) is 39.0 Å². The van der Waals surface area contributed by atoms with Gasteiger partial charge in [-0.2, -0.15) is 11.8 Å². The highest BCUT2D eigenvalue weighted by Gasteiger charge is 2.07. The van der Waals surface area contributed by atoms with Gasteiger partial charge in [0, 0.05) is 11.8 Å². The van der Waals surface area contributed by atoms with Gasteiger partial charge < -0.3 is 5.73 Å². The SMILES string of the molecule is CCSCC(N)c1ccc(C)cc1C. The monoisotopic (exact) mass is 209 g/mol. The van der Waals surface area contributed by atoms with Gasteiger partial charge in [-0.1, -0.05) is 30.7 Å². The van der Waals surface area contributed by atoms with Gasteiger partial charge in [-0.15, -0.1) is 0 Å². The van der Waals surface area contributed by atoms with E-state index >= 15 is 0 Å². The molecule has 0 aliphatic carbocycles. The Kier molecular flexibility index (Phi) is 4.49. The Morgan fingerprint density at radius 3 is 2.64 bits per heavy atom. The predicted octanol–water partition coefficient (Wildman–Crippen LogP) is 3.06. The molecule has 0 amide bonds. The highest BCUT2D eigenvalue weighted by atomic mass is 32.2. The standard InChI is InChI=1S/C12H19NS/c1-4-14-8-12(13)11-6-5-9(2)7-10(11)3/h5-7,12H,4,8,13H2,1-3H3. The second kappa shape index (κ2) is 5.42. The maximum Gasteiger partial charge on any atom is 0.0389 e. The zero-order valence-corrected chi connectivity index (χ0v) is 10.0. The molecule has 1 unspecified atom stereocenters. The van der Waals surface area contributed by atoms with Gasteiger partial charge in [-0.25, -0.2) is 0 Å². The maximum absolute atomic E-state index is 6.11. The first kappa shape index (κ1) is 11.6. The molecule has 0 radical (unpaired) electrons. The number of thioether (sulfide) groups is 1. The summed E-state index contributed by atoms with van der Waals surface area (Å²) in [5.41, 5.74) is 10.0. The van der Waals surface area contributed by atoms with Crippen molar-refractivity contribution in [3.05, 3.63) is 34.9 Å². The number of benzene rings is 1. The molecule has 0 aliphatic rings. The number of rotatable bonds is 4. The van der Waals surface area contributed by atoms with Crippen LogP contribution in [0.25, 0.3) is 0 Å². The fraction of sp³-hybridized carbons (Fsp3) is 0.500. The molecule has 1 nitrogen and oxygen atoms in total. The summed E-state index contributed by atoms with van der Waals surface area (Å²) in [5, 5.41) is 0. The molecule has 14 heavy (non-hydrogen) atoms. The molecule has 0 saturated carbocycles. The Morgan fingerprint density at radius 1 is 1.36 bits per heavy atom. The Bertz CT molecular complexity index is 296. The van der Waals surface area contributed by atoms with Gasteiger partial charge in [0.25, 0.3) is 0 Å². The summed E-state index contributed by atoms with van der Waals surface area (Å²) in [5.74, 6) is 2.15. The topological polar surface area (TPSA) is 26.0 Å². The van der Waals surface area contributed by atoms with Crippen molar-refractivity contribution in [2.45, 2.75) is 26.8 Å². The van der Waals surface area contributed by atoms with Gasteiger partial charge in [-0.3, -0.25) is 0 Å². The van der Waals surface area contributed by atoms with Crippen LogP contribution in [0.5, 0.6) is 0 Å². The lowest BCUT2D eigenvalue weighted by atomic mass is 10.0. The van der Waals surface area contributed by atoms with Crippen LogP contribution in [0, 0.1) is 13.8 Å². The minimum absolute atomic E-state index is 0.181. The molecule has 0 heterocycles. The second-order valence-electron chi connectivity index (χ2n) is 3.63. The van der Waals surface area contributed by atoms with Crippen LogP contribution in [-0.4, -0.2) is 11.5 Å². The van der Waals surface area contributed by atoms with Gasteiger partial charge in [0.1, 0.15) is 0 Å². The fourth-order valence-corrected chi connectivity index (χ4v) is 2.25. The average Bonchev–Trinajstić information content (AvgIpc) is 2.14. The van der Waals surface area contributed by atoms with E-state index < -0.39 is 0 Å². The van der Waals surface area contributed by atoms with E-state index in [0.717, 1.165) is 11.5 Å². The quantitative estimate of drug-likeness (QED) is 0.825. The molecule has 0 aliphatic heterocycles. The average molecular weight is 209 g/mol. The first-order chi connectivity index (χ1) is 6.65. The van der Waals surface area contributed by atoms with E-state index in [1.54, 1.807) is 0 Å². The van der Waals surface area contributed by atoms with Crippen LogP contribution in [0.3, 0.4) is 0 Å². The first-order valence-electron chi connectivity index (χ1n) is 5.05. The third kappa shape index (κ3) is 3.03. The largest absolute Gasteiger partial charge is 0.323 e. The summed E-state index contributed by atoms with van der Waals surface area (Å²) in [7, 11) is 0.